The molecular weight excluding hydrogens is 305 g/mol. The summed E-state index contributed by atoms with van der Waals surface area (Å²) >= 11 is 3.18. The number of piperidine rings is 1. The first-order valence-electron chi connectivity index (χ1n) is 5.41. The van der Waals surface area contributed by atoms with Crippen molar-refractivity contribution in [1.82, 2.24) is 10.3 Å². The fourth-order valence-corrected chi connectivity index (χ4v) is 1.98. The van der Waals surface area contributed by atoms with E-state index < -0.39 is 17.8 Å². The molecule has 2 N–H and O–H groups in total. The van der Waals surface area contributed by atoms with Crippen LogP contribution in [0.25, 0.3) is 0 Å². The molecule has 0 aromatic carbocycles. The van der Waals surface area contributed by atoms with Gasteiger partial charge in [-0.15, -0.1) is 0 Å². The normalized spacial score (nSPS) is 19.6. The minimum absolute atomic E-state index is 0.161. The van der Waals surface area contributed by atoms with Crippen LogP contribution >= 0.6 is 15.9 Å². The molecule has 0 radical (unpaired) electrons. The maximum absolute atomic E-state index is 13.7. The van der Waals surface area contributed by atoms with E-state index >= 15 is 0 Å². The first-order chi connectivity index (χ1) is 8.60. The van der Waals surface area contributed by atoms with Crippen LogP contribution in [0, 0.1) is 5.82 Å². The molecule has 18 heavy (non-hydrogen) atoms. The SMILES string of the molecule is O=C1CCC(Nc2cnc(CBr)cc2F)C(=O)N1. The van der Waals surface area contributed by atoms with Crippen molar-refractivity contribution in [1.29, 1.82) is 0 Å². The second kappa shape index (κ2) is 5.43. The van der Waals surface area contributed by atoms with Crippen LogP contribution in [0.5, 0.6) is 0 Å². The second-order valence-electron chi connectivity index (χ2n) is 3.94. The van der Waals surface area contributed by atoms with E-state index in [4.69, 9.17) is 0 Å². The highest BCUT2D eigenvalue weighted by molar-refractivity contribution is 9.08. The number of hydrogen-bond donors (Lipinski definition) is 2. The molecule has 2 heterocycles. The molecule has 1 saturated heterocycles. The Labute approximate surface area is 111 Å². The highest BCUT2D eigenvalue weighted by atomic mass is 79.9. The smallest absolute Gasteiger partial charge is 0.249 e. The molecule has 1 unspecified atom stereocenters. The molecule has 2 amide bonds. The van der Waals surface area contributed by atoms with Crippen molar-refractivity contribution < 1.29 is 14.0 Å². The number of nitrogens with zero attached hydrogens (tertiary/aromatic N) is 1. The minimum atomic E-state index is -0.603. The van der Waals surface area contributed by atoms with Gasteiger partial charge in [0.1, 0.15) is 11.9 Å². The lowest BCUT2D eigenvalue weighted by Gasteiger charge is -2.22. The number of aromatic nitrogens is 1. The standard InChI is InChI=1S/C11H11BrFN3O2/c12-4-6-3-7(13)9(5-14-6)15-8-1-2-10(17)16-11(8)18/h3,5,8,15H,1-2,4H2,(H,16,17,18). The van der Waals surface area contributed by atoms with Crippen molar-refractivity contribution in [2.24, 2.45) is 0 Å². The first kappa shape index (κ1) is 12.9. The molecule has 0 saturated carbocycles. The van der Waals surface area contributed by atoms with Gasteiger partial charge in [-0.1, -0.05) is 15.9 Å². The summed E-state index contributed by atoms with van der Waals surface area (Å²) < 4.78 is 13.7. The van der Waals surface area contributed by atoms with Gasteiger partial charge in [0.25, 0.3) is 0 Å². The molecule has 2 rings (SSSR count). The van der Waals surface area contributed by atoms with Crippen molar-refractivity contribution in [3.8, 4) is 0 Å². The van der Waals surface area contributed by atoms with E-state index in [1.165, 1.54) is 12.3 Å². The predicted molar refractivity (Wildman–Crippen MR) is 66.6 cm³/mol. The topological polar surface area (TPSA) is 71.1 Å². The summed E-state index contributed by atoms with van der Waals surface area (Å²) in [5.74, 6) is -1.20. The van der Waals surface area contributed by atoms with Crippen molar-refractivity contribution >= 4 is 33.4 Å². The van der Waals surface area contributed by atoms with Crippen LogP contribution in [-0.4, -0.2) is 22.8 Å². The molecule has 1 aliphatic heterocycles. The number of halogens is 2. The third kappa shape index (κ3) is 2.84. The third-order valence-corrected chi connectivity index (χ3v) is 3.19. The monoisotopic (exact) mass is 315 g/mol. The van der Waals surface area contributed by atoms with E-state index in [-0.39, 0.29) is 18.0 Å². The zero-order valence-electron chi connectivity index (χ0n) is 9.37. The summed E-state index contributed by atoms with van der Waals surface area (Å²) in [4.78, 5) is 26.5. The first-order valence-corrected chi connectivity index (χ1v) is 6.53. The van der Waals surface area contributed by atoms with Crippen LogP contribution in [0.15, 0.2) is 12.3 Å². The van der Waals surface area contributed by atoms with Crippen molar-refractivity contribution in [2.75, 3.05) is 5.32 Å². The fourth-order valence-electron chi connectivity index (χ4n) is 1.67. The fraction of sp³-hybridized carbons (Fsp3) is 0.364. The number of nitrogens with one attached hydrogen (secondary N) is 2. The Kier molecular flexibility index (Phi) is 3.90. The molecule has 96 valence electrons. The number of amides is 2. The Balaban J connectivity index is 2.09. The summed E-state index contributed by atoms with van der Waals surface area (Å²) in [5.41, 5.74) is 0.732. The van der Waals surface area contributed by atoms with Gasteiger partial charge in [-0.3, -0.25) is 19.9 Å². The number of pyridine rings is 1. The molecule has 0 spiro atoms. The quantitative estimate of drug-likeness (QED) is 0.652. The molecule has 1 aromatic heterocycles. The maximum Gasteiger partial charge on any atom is 0.249 e. The molecule has 1 aromatic rings. The van der Waals surface area contributed by atoms with Crippen molar-refractivity contribution in [2.45, 2.75) is 24.2 Å². The van der Waals surface area contributed by atoms with Crippen LogP contribution in [0.3, 0.4) is 0 Å². The number of imide groups is 1. The molecule has 7 heteroatoms. The lowest BCUT2D eigenvalue weighted by Crippen LogP contribution is -2.47. The van der Waals surface area contributed by atoms with E-state index in [0.717, 1.165) is 0 Å². The number of carbonyl (C=O) groups excluding carboxylic acids is 2. The Morgan fingerprint density at radius 2 is 2.33 bits per heavy atom. The van der Waals surface area contributed by atoms with Crippen LogP contribution in [-0.2, 0) is 14.9 Å². The van der Waals surface area contributed by atoms with Gasteiger partial charge in [0.15, 0.2) is 0 Å². The Morgan fingerprint density at radius 3 is 2.94 bits per heavy atom. The van der Waals surface area contributed by atoms with Crippen LogP contribution in [0.4, 0.5) is 10.1 Å². The van der Waals surface area contributed by atoms with E-state index in [0.29, 0.717) is 17.4 Å². The average molecular weight is 316 g/mol. The van der Waals surface area contributed by atoms with Gasteiger partial charge in [0.2, 0.25) is 11.8 Å². The van der Waals surface area contributed by atoms with Gasteiger partial charge >= 0.3 is 0 Å². The Morgan fingerprint density at radius 1 is 1.56 bits per heavy atom. The largest absolute Gasteiger partial charge is 0.370 e. The molecule has 0 aliphatic carbocycles. The average Bonchev–Trinajstić information content (AvgIpc) is 2.34. The zero-order chi connectivity index (χ0) is 13.1. The number of anilines is 1. The lowest BCUT2D eigenvalue weighted by molar-refractivity contribution is -0.133. The summed E-state index contributed by atoms with van der Waals surface area (Å²) in [6.07, 6.45) is 1.94. The van der Waals surface area contributed by atoms with Gasteiger partial charge < -0.3 is 5.32 Å². The van der Waals surface area contributed by atoms with Crippen molar-refractivity contribution in [3.63, 3.8) is 0 Å². The Hall–Kier alpha value is -1.50. The van der Waals surface area contributed by atoms with Gasteiger partial charge in [-0.05, 0) is 12.5 Å². The Bertz CT molecular complexity index is 495. The van der Waals surface area contributed by atoms with E-state index in [2.05, 4.69) is 31.5 Å². The molecular formula is C11H11BrFN3O2. The minimum Gasteiger partial charge on any atom is -0.370 e. The number of carbonyl (C=O) groups is 2. The molecule has 1 aliphatic rings. The van der Waals surface area contributed by atoms with Crippen molar-refractivity contribution in [3.05, 3.63) is 23.8 Å². The van der Waals surface area contributed by atoms with E-state index in [1.54, 1.807) is 0 Å². The van der Waals surface area contributed by atoms with Crippen LogP contribution in [0.2, 0.25) is 0 Å². The summed E-state index contributed by atoms with van der Waals surface area (Å²) in [7, 11) is 0. The van der Waals surface area contributed by atoms with Gasteiger partial charge in [0, 0.05) is 11.8 Å². The highest BCUT2D eigenvalue weighted by Gasteiger charge is 2.27. The van der Waals surface area contributed by atoms with Crippen LogP contribution < -0.4 is 10.6 Å². The van der Waals surface area contributed by atoms with E-state index in [9.17, 15) is 14.0 Å². The predicted octanol–water partition coefficient (Wildman–Crippen LogP) is 1.33. The number of hydrogen-bond acceptors (Lipinski definition) is 4. The number of alkyl halides is 1. The highest BCUT2D eigenvalue weighted by Crippen LogP contribution is 2.18. The van der Waals surface area contributed by atoms with Gasteiger partial charge in [-0.25, -0.2) is 4.39 Å². The zero-order valence-corrected chi connectivity index (χ0v) is 11.0. The maximum atomic E-state index is 13.7. The summed E-state index contributed by atoms with van der Waals surface area (Å²) in [6.45, 7) is 0. The molecule has 1 atom stereocenters. The summed E-state index contributed by atoms with van der Waals surface area (Å²) in [6, 6.07) is 0.692. The lowest BCUT2D eigenvalue weighted by atomic mass is 10.1. The molecule has 5 nitrogen and oxygen atoms in total. The van der Waals surface area contributed by atoms with Gasteiger partial charge in [-0.2, -0.15) is 0 Å². The second-order valence-corrected chi connectivity index (χ2v) is 4.50. The van der Waals surface area contributed by atoms with Gasteiger partial charge in [0.05, 0.1) is 17.6 Å². The van der Waals surface area contributed by atoms with Crippen LogP contribution in [0.1, 0.15) is 18.5 Å². The molecule has 1 fully saturated rings. The number of rotatable bonds is 3. The third-order valence-electron chi connectivity index (χ3n) is 2.62. The molecule has 0 bridgehead atoms. The van der Waals surface area contributed by atoms with E-state index in [1.807, 2.05) is 0 Å². The summed E-state index contributed by atoms with van der Waals surface area (Å²) in [5, 5.41) is 5.42.